The SMILES string of the molecule is O=C(/C=C\c1ccc([N+](=O)[O-])cc1)c1ccc(NC2=CC(=O)c3ccccc3C2=O)cc1. The highest BCUT2D eigenvalue weighted by molar-refractivity contribution is 6.25. The van der Waals surface area contributed by atoms with Crippen LogP contribution < -0.4 is 5.32 Å². The highest BCUT2D eigenvalue weighted by Crippen LogP contribution is 2.23. The van der Waals surface area contributed by atoms with Crippen LogP contribution in [-0.4, -0.2) is 22.3 Å². The third-order valence-electron chi connectivity index (χ3n) is 4.94. The third kappa shape index (κ3) is 4.27. The molecule has 0 bridgehead atoms. The number of hydrogen-bond donors (Lipinski definition) is 1. The van der Waals surface area contributed by atoms with Gasteiger partial charge in [0.25, 0.3) is 5.69 Å². The molecule has 0 radical (unpaired) electrons. The number of carbonyl (C=O) groups is 3. The van der Waals surface area contributed by atoms with Crippen molar-refractivity contribution >= 4 is 34.8 Å². The predicted octanol–water partition coefficient (Wildman–Crippen LogP) is 4.87. The van der Waals surface area contributed by atoms with Gasteiger partial charge in [0.15, 0.2) is 11.6 Å². The summed E-state index contributed by atoms with van der Waals surface area (Å²) in [5.74, 6) is -0.760. The van der Waals surface area contributed by atoms with E-state index in [0.717, 1.165) is 0 Å². The van der Waals surface area contributed by atoms with Crippen LogP contribution in [0, 0.1) is 10.1 Å². The molecule has 3 aromatic rings. The molecule has 0 spiro atoms. The number of nitrogens with one attached hydrogen (secondary N) is 1. The molecular weight excluding hydrogens is 408 g/mol. The summed E-state index contributed by atoms with van der Waals surface area (Å²) >= 11 is 0. The summed E-state index contributed by atoms with van der Waals surface area (Å²) in [4.78, 5) is 47.5. The van der Waals surface area contributed by atoms with Crippen molar-refractivity contribution in [2.45, 2.75) is 0 Å². The van der Waals surface area contributed by atoms with Crippen molar-refractivity contribution in [2.75, 3.05) is 5.32 Å². The van der Waals surface area contributed by atoms with Gasteiger partial charge in [0.05, 0.1) is 10.6 Å². The van der Waals surface area contributed by atoms with Crippen LogP contribution in [0.1, 0.15) is 36.6 Å². The number of anilines is 1. The minimum Gasteiger partial charge on any atom is -0.352 e. The number of hydrogen-bond acceptors (Lipinski definition) is 6. The predicted molar refractivity (Wildman–Crippen MR) is 120 cm³/mol. The van der Waals surface area contributed by atoms with Gasteiger partial charge in [0, 0.05) is 40.6 Å². The van der Waals surface area contributed by atoms with Gasteiger partial charge in [-0.3, -0.25) is 24.5 Å². The molecule has 0 heterocycles. The van der Waals surface area contributed by atoms with Crippen molar-refractivity contribution < 1.29 is 19.3 Å². The van der Waals surface area contributed by atoms with E-state index < -0.39 is 4.92 Å². The van der Waals surface area contributed by atoms with Gasteiger partial charge in [-0.15, -0.1) is 0 Å². The van der Waals surface area contributed by atoms with Crippen molar-refractivity contribution in [3.63, 3.8) is 0 Å². The van der Waals surface area contributed by atoms with Crippen LogP contribution in [0.2, 0.25) is 0 Å². The molecule has 0 fully saturated rings. The van der Waals surface area contributed by atoms with E-state index in [4.69, 9.17) is 0 Å². The standard InChI is InChI=1S/C25H16N2O5/c28-23(14-7-16-5-12-19(13-6-16)27(31)32)17-8-10-18(11-9-17)26-22-15-24(29)20-3-1-2-4-21(20)25(22)30/h1-15,26H/b14-7-. The zero-order valence-electron chi connectivity index (χ0n) is 16.6. The van der Waals surface area contributed by atoms with E-state index in [-0.39, 0.29) is 28.7 Å². The summed E-state index contributed by atoms with van der Waals surface area (Å²) in [7, 11) is 0. The lowest BCUT2D eigenvalue weighted by Gasteiger charge is -2.16. The van der Waals surface area contributed by atoms with Gasteiger partial charge in [0.1, 0.15) is 0 Å². The first kappa shape index (κ1) is 20.6. The molecular formula is C25H16N2O5. The minimum absolute atomic E-state index is 0.0201. The Morgan fingerprint density at radius 1 is 0.875 bits per heavy atom. The number of nitro benzene ring substituents is 1. The number of benzene rings is 3. The number of Topliss-reactive ketones (excluding diaryl/α,β-unsaturated/α-hetero) is 1. The van der Waals surface area contributed by atoms with Crippen LogP contribution >= 0.6 is 0 Å². The number of nitrogens with zero attached hydrogens (tertiary/aromatic N) is 1. The van der Waals surface area contributed by atoms with Crippen LogP contribution in [0.25, 0.3) is 6.08 Å². The number of ketones is 3. The van der Waals surface area contributed by atoms with E-state index >= 15 is 0 Å². The van der Waals surface area contributed by atoms with E-state index in [1.165, 1.54) is 24.3 Å². The lowest BCUT2D eigenvalue weighted by Crippen LogP contribution is -2.21. The fourth-order valence-corrected chi connectivity index (χ4v) is 3.26. The molecule has 0 atom stereocenters. The van der Waals surface area contributed by atoms with Crippen molar-refractivity contribution in [3.8, 4) is 0 Å². The fraction of sp³-hybridized carbons (Fsp3) is 0. The molecule has 1 aliphatic carbocycles. The molecule has 0 saturated heterocycles. The number of carbonyl (C=O) groups excluding carboxylic acids is 3. The Bertz CT molecular complexity index is 1300. The Kier molecular flexibility index (Phi) is 5.55. The lowest BCUT2D eigenvalue weighted by atomic mass is 9.92. The Balaban J connectivity index is 1.44. The maximum atomic E-state index is 12.6. The topological polar surface area (TPSA) is 106 Å². The fourth-order valence-electron chi connectivity index (χ4n) is 3.26. The minimum atomic E-state index is -0.486. The first-order valence-corrected chi connectivity index (χ1v) is 9.66. The van der Waals surface area contributed by atoms with Crippen LogP contribution in [0.3, 0.4) is 0 Å². The van der Waals surface area contributed by atoms with E-state index in [1.807, 2.05) is 0 Å². The average molecular weight is 424 g/mol. The molecule has 0 amide bonds. The maximum Gasteiger partial charge on any atom is 0.269 e. The first-order chi connectivity index (χ1) is 15.4. The zero-order valence-corrected chi connectivity index (χ0v) is 16.6. The maximum absolute atomic E-state index is 12.6. The normalized spacial score (nSPS) is 12.9. The van der Waals surface area contributed by atoms with Crippen molar-refractivity contribution in [3.05, 3.63) is 123 Å². The Morgan fingerprint density at radius 3 is 2.19 bits per heavy atom. The largest absolute Gasteiger partial charge is 0.352 e. The quantitative estimate of drug-likeness (QED) is 0.262. The van der Waals surface area contributed by atoms with Crippen LogP contribution in [0.5, 0.6) is 0 Å². The van der Waals surface area contributed by atoms with Crippen LogP contribution in [0.15, 0.2) is 90.6 Å². The number of rotatable bonds is 6. The van der Waals surface area contributed by atoms with Gasteiger partial charge in [-0.25, -0.2) is 0 Å². The van der Waals surface area contributed by atoms with Gasteiger partial charge < -0.3 is 5.32 Å². The van der Waals surface area contributed by atoms with Crippen LogP contribution in [-0.2, 0) is 0 Å². The molecule has 0 saturated carbocycles. The van der Waals surface area contributed by atoms with E-state index in [2.05, 4.69) is 5.32 Å². The summed E-state index contributed by atoms with van der Waals surface area (Å²) in [6.45, 7) is 0. The molecule has 4 rings (SSSR count). The van der Waals surface area contributed by atoms with Gasteiger partial charge in [0.2, 0.25) is 5.78 Å². The number of nitro groups is 1. The summed E-state index contributed by atoms with van der Waals surface area (Å²) < 4.78 is 0. The Labute approximate surface area is 182 Å². The molecule has 0 aliphatic heterocycles. The summed E-state index contributed by atoms with van der Waals surface area (Å²) in [6, 6.07) is 19.0. The molecule has 1 aliphatic rings. The van der Waals surface area contributed by atoms with Gasteiger partial charge in [-0.1, -0.05) is 30.3 Å². The van der Waals surface area contributed by atoms with Crippen LogP contribution in [0.4, 0.5) is 11.4 Å². The van der Waals surface area contributed by atoms with Crippen molar-refractivity contribution in [1.29, 1.82) is 0 Å². The summed E-state index contributed by atoms with van der Waals surface area (Å²) in [5.41, 5.74) is 2.54. The van der Waals surface area contributed by atoms with Crippen molar-refractivity contribution in [1.82, 2.24) is 0 Å². The first-order valence-electron chi connectivity index (χ1n) is 9.66. The highest BCUT2D eigenvalue weighted by Gasteiger charge is 2.25. The van der Waals surface area contributed by atoms with Gasteiger partial charge in [-0.2, -0.15) is 0 Å². The molecule has 7 heteroatoms. The Morgan fingerprint density at radius 2 is 1.53 bits per heavy atom. The van der Waals surface area contributed by atoms with E-state index in [9.17, 15) is 24.5 Å². The molecule has 156 valence electrons. The zero-order chi connectivity index (χ0) is 22.7. The van der Waals surface area contributed by atoms with Gasteiger partial charge in [-0.05, 0) is 48.0 Å². The second kappa shape index (κ2) is 8.61. The monoisotopic (exact) mass is 424 g/mol. The van der Waals surface area contributed by atoms with E-state index in [0.29, 0.717) is 27.9 Å². The van der Waals surface area contributed by atoms with E-state index in [1.54, 1.807) is 66.7 Å². The molecule has 1 N–H and O–H groups in total. The number of non-ortho nitro benzene ring substituents is 1. The van der Waals surface area contributed by atoms with Crippen molar-refractivity contribution in [2.24, 2.45) is 0 Å². The Hall–Kier alpha value is -4.65. The second-order valence-electron chi connectivity index (χ2n) is 7.05. The number of allylic oxidation sites excluding steroid dienone is 3. The molecule has 0 aromatic heterocycles. The smallest absolute Gasteiger partial charge is 0.269 e. The summed E-state index contributed by atoms with van der Waals surface area (Å²) in [5, 5.41) is 13.6. The molecule has 32 heavy (non-hydrogen) atoms. The third-order valence-corrected chi connectivity index (χ3v) is 4.94. The molecule has 0 unspecified atom stereocenters. The highest BCUT2D eigenvalue weighted by atomic mass is 16.6. The lowest BCUT2D eigenvalue weighted by molar-refractivity contribution is -0.384. The molecule has 3 aromatic carbocycles. The number of fused-ring (bicyclic) bond motifs is 1. The summed E-state index contributed by atoms with van der Waals surface area (Å²) in [6.07, 6.45) is 4.23. The molecule has 7 nitrogen and oxygen atoms in total. The van der Waals surface area contributed by atoms with Gasteiger partial charge >= 0.3 is 0 Å². The average Bonchev–Trinajstić information content (AvgIpc) is 2.81. The second-order valence-corrected chi connectivity index (χ2v) is 7.05.